The molecule has 5 nitrogen and oxygen atoms in total. The lowest BCUT2D eigenvalue weighted by atomic mass is 10.3. The van der Waals surface area contributed by atoms with Gasteiger partial charge in [-0.1, -0.05) is 20.3 Å². The molecule has 1 atom stereocenters. The maximum absolute atomic E-state index is 11.6. The zero-order valence-electron chi connectivity index (χ0n) is 11.8. The third-order valence-electron chi connectivity index (χ3n) is 3.23. The summed E-state index contributed by atoms with van der Waals surface area (Å²) < 4.78 is 0. The molecule has 1 heterocycles. The van der Waals surface area contributed by atoms with E-state index in [9.17, 15) is 4.79 Å². The van der Waals surface area contributed by atoms with Crippen LogP contribution in [0.1, 0.15) is 39.5 Å². The molecule has 1 fully saturated rings. The van der Waals surface area contributed by atoms with Crippen LogP contribution in [0, 0.1) is 0 Å². The number of guanidine groups is 1. The molecule has 1 aliphatic heterocycles. The van der Waals surface area contributed by atoms with Gasteiger partial charge in [0, 0.05) is 39.1 Å². The summed E-state index contributed by atoms with van der Waals surface area (Å²) in [5, 5.41) is 6.67. The van der Waals surface area contributed by atoms with E-state index in [1.165, 1.54) is 6.42 Å². The first-order chi connectivity index (χ1) is 8.71. The van der Waals surface area contributed by atoms with Crippen LogP contribution in [0.25, 0.3) is 0 Å². The number of carbonyl (C=O) groups excluding carboxylic acids is 1. The Kier molecular flexibility index (Phi) is 6.54. The van der Waals surface area contributed by atoms with Crippen LogP contribution in [-0.2, 0) is 4.79 Å². The van der Waals surface area contributed by atoms with Crippen molar-refractivity contribution in [3.8, 4) is 0 Å². The zero-order chi connectivity index (χ0) is 13.4. The Labute approximate surface area is 110 Å². The van der Waals surface area contributed by atoms with Gasteiger partial charge in [-0.15, -0.1) is 0 Å². The molecule has 1 unspecified atom stereocenters. The number of likely N-dealkylation sites (tertiary alicyclic amines) is 1. The minimum absolute atomic E-state index is 0.244. The molecule has 1 aliphatic rings. The van der Waals surface area contributed by atoms with Crippen molar-refractivity contribution in [1.29, 1.82) is 0 Å². The lowest BCUT2D eigenvalue weighted by molar-refractivity contribution is -0.129. The lowest BCUT2D eigenvalue weighted by Crippen LogP contribution is -2.45. The molecule has 0 aromatic rings. The molecule has 1 rings (SSSR count). The van der Waals surface area contributed by atoms with Crippen LogP contribution >= 0.6 is 0 Å². The van der Waals surface area contributed by atoms with Crippen molar-refractivity contribution < 1.29 is 4.79 Å². The molecule has 5 heteroatoms. The van der Waals surface area contributed by atoms with E-state index in [0.717, 1.165) is 38.4 Å². The first-order valence-corrected chi connectivity index (χ1v) is 6.96. The van der Waals surface area contributed by atoms with Gasteiger partial charge in [0.05, 0.1) is 0 Å². The number of carbonyl (C=O) groups is 1. The standard InChI is InChI=1S/C13H26N4O/c1-4-6-8-15-13(14-3)16-11-7-9-17(10-11)12(18)5-2/h11H,4-10H2,1-3H3,(H2,14,15,16). The van der Waals surface area contributed by atoms with Crippen molar-refractivity contribution in [1.82, 2.24) is 15.5 Å². The van der Waals surface area contributed by atoms with Crippen LogP contribution in [0.3, 0.4) is 0 Å². The number of amides is 1. The number of rotatable bonds is 5. The van der Waals surface area contributed by atoms with Gasteiger partial charge in [0.2, 0.25) is 5.91 Å². The Balaban J connectivity index is 2.32. The highest BCUT2D eigenvalue weighted by Gasteiger charge is 2.25. The molecule has 104 valence electrons. The topological polar surface area (TPSA) is 56.7 Å². The van der Waals surface area contributed by atoms with Gasteiger partial charge in [0.1, 0.15) is 0 Å². The summed E-state index contributed by atoms with van der Waals surface area (Å²) in [7, 11) is 1.78. The first kappa shape index (κ1) is 14.8. The molecule has 0 aromatic heterocycles. The van der Waals surface area contributed by atoms with Crippen LogP contribution in [-0.4, -0.2) is 49.5 Å². The van der Waals surface area contributed by atoms with Crippen LogP contribution in [0.15, 0.2) is 4.99 Å². The lowest BCUT2D eigenvalue weighted by Gasteiger charge is -2.18. The Morgan fingerprint density at radius 1 is 1.44 bits per heavy atom. The van der Waals surface area contributed by atoms with E-state index in [2.05, 4.69) is 22.5 Å². The van der Waals surface area contributed by atoms with Gasteiger partial charge >= 0.3 is 0 Å². The van der Waals surface area contributed by atoms with Crippen LogP contribution in [0.2, 0.25) is 0 Å². The summed E-state index contributed by atoms with van der Waals surface area (Å²) in [6, 6.07) is 0.327. The maximum atomic E-state index is 11.6. The van der Waals surface area contributed by atoms with Gasteiger partial charge in [0.15, 0.2) is 5.96 Å². The molecular weight excluding hydrogens is 228 g/mol. The summed E-state index contributed by atoms with van der Waals surface area (Å²) >= 11 is 0. The zero-order valence-corrected chi connectivity index (χ0v) is 11.8. The highest BCUT2D eigenvalue weighted by atomic mass is 16.2. The third kappa shape index (κ3) is 4.55. The minimum atomic E-state index is 0.244. The van der Waals surface area contributed by atoms with E-state index >= 15 is 0 Å². The molecule has 0 spiro atoms. The minimum Gasteiger partial charge on any atom is -0.356 e. The van der Waals surface area contributed by atoms with E-state index in [4.69, 9.17) is 0 Å². The highest BCUT2D eigenvalue weighted by Crippen LogP contribution is 2.10. The van der Waals surface area contributed by atoms with E-state index < -0.39 is 0 Å². The summed E-state index contributed by atoms with van der Waals surface area (Å²) in [5.74, 6) is 1.09. The van der Waals surface area contributed by atoms with E-state index in [0.29, 0.717) is 12.5 Å². The molecule has 1 amide bonds. The molecule has 0 saturated carbocycles. The third-order valence-corrected chi connectivity index (χ3v) is 3.23. The highest BCUT2D eigenvalue weighted by molar-refractivity contribution is 5.80. The Bertz CT molecular complexity index is 291. The van der Waals surface area contributed by atoms with Gasteiger partial charge in [-0.05, 0) is 12.8 Å². The predicted molar refractivity (Wildman–Crippen MR) is 74.7 cm³/mol. The summed E-state index contributed by atoms with van der Waals surface area (Å²) in [5.41, 5.74) is 0. The molecule has 0 bridgehead atoms. The molecular formula is C13H26N4O. The van der Waals surface area contributed by atoms with Crippen molar-refractivity contribution in [2.45, 2.75) is 45.6 Å². The molecule has 1 saturated heterocycles. The van der Waals surface area contributed by atoms with Crippen molar-refractivity contribution in [3.05, 3.63) is 0 Å². The summed E-state index contributed by atoms with van der Waals surface area (Å²) in [4.78, 5) is 17.7. The van der Waals surface area contributed by atoms with Gasteiger partial charge in [-0.3, -0.25) is 9.79 Å². The molecule has 0 radical (unpaired) electrons. The second kappa shape index (κ2) is 7.95. The fourth-order valence-electron chi connectivity index (χ4n) is 2.10. The maximum Gasteiger partial charge on any atom is 0.222 e. The van der Waals surface area contributed by atoms with Gasteiger partial charge in [-0.2, -0.15) is 0 Å². The number of aliphatic imine (C=N–C) groups is 1. The molecule has 18 heavy (non-hydrogen) atoms. The quantitative estimate of drug-likeness (QED) is 0.436. The SMILES string of the molecule is CCCCNC(=NC)NC1CCN(C(=O)CC)C1. The molecule has 0 aliphatic carbocycles. The smallest absolute Gasteiger partial charge is 0.222 e. The van der Waals surface area contributed by atoms with Crippen molar-refractivity contribution in [3.63, 3.8) is 0 Å². The number of unbranched alkanes of at least 4 members (excludes halogenated alkanes) is 1. The second-order valence-electron chi connectivity index (χ2n) is 4.68. The first-order valence-electron chi connectivity index (χ1n) is 6.96. The van der Waals surface area contributed by atoms with Crippen molar-refractivity contribution in [2.75, 3.05) is 26.7 Å². The average molecular weight is 254 g/mol. The number of hydrogen-bond donors (Lipinski definition) is 2. The summed E-state index contributed by atoms with van der Waals surface area (Å²) in [6.07, 6.45) is 3.91. The van der Waals surface area contributed by atoms with Crippen LogP contribution in [0.4, 0.5) is 0 Å². The number of nitrogens with zero attached hydrogens (tertiary/aromatic N) is 2. The van der Waals surface area contributed by atoms with Crippen molar-refractivity contribution in [2.24, 2.45) is 4.99 Å². The number of hydrogen-bond acceptors (Lipinski definition) is 2. The number of nitrogens with one attached hydrogen (secondary N) is 2. The van der Waals surface area contributed by atoms with E-state index in [1.807, 2.05) is 11.8 Å². The fourth-order valence-corrected chi connectivity index (χ4v) is 2.10. The van der Waals surface area contributed by atoms with Gasteiger partial charge < -0.3 is 15.5 Å². The predicted octanol–water partition coefficient (Wildman–Crippen LogP) is 0.962. The Morgan fingerprint density at radius 3 is 2.83 bits per heavy atom. The van der Waals surface area contributed by atoms with Crippen LogP contribution < -0.4 is 10.6 Å². The largest absolute Gasteiger partial charge is 0.356 e. The average Bonchev–Trinajstić information content (AvgIpc) is 2.85. The molecule has 0 aromatic carbocycles. The monoisotopic (exact) mass is 254 g/mol. The Hall–Kier alpha value is -1.26. The van der Waals surface area contributed by atoms with Gasteiger partial charge in [0.25, 0.3) is 0 Å². The van der Waals surface area contributed by atoms with Crippen molar-refractivity contribution >= 4 is 11.9 Å². The second-order valence-corrected chi connectivity index (χ2v) is 4.68. The normalized spacial score (nSPS) is 20.1. The van der Waals surface area contributed by atoms with Crippen LogP contribution in [0.5, 0.6) is 0 Å². The van der Waals surface area contributed by atoms with E-state index in [-0.39, 0.29) is 5.91 Å². The van der Waals surface area contributed by atoms with E-state index in [1.54, 1.807) is 7.05 Å². The van der Waals surface area contributed by atoms with Gasteiger partial charge in [-0.25, -0.2) is 0 Å². The molecule has 2 N–H and O–H groups in total. The summed E-state index contributed by atoms with van der Waals surface area (Å²) in [6.45, 7) is 6.68. The fraction of sp³-hybridized carbons (Fsp3) is 0.846. The Morgan fingerprint density at radius 2 is 2.22 bits per heavy atom.